The SMILES string of the molecule is C/C=C(\C)C(=O)O[C@H]1[C@@H](O[C@]2(COC(=O)CC(C)C)O[C@H](COC(=O)C(C)CC)[C@@H](OC(C)=O)[C@@H]2O)O[C@H](COC(C)=O)[C@@H](O)[C@@H]1O. The molecule has 2 fully saturated rings. The Bertz CT molecular complexity index is 1140. The number of allylic oxidation sites excluding steroid dienone is 1. The third-order valence-electron chi connectivity index (χ3n) is 7.60. The highest BCUT2D eigenvalue weighted by molar-refractivity contribution is 5.87. The molecule has 0 aromatic rings. The second-order valence-corrected chi connectivity index (χ2v) is 12.0. The van der Waals surface area contributed by atoms with E-state index in [1.807, 2.05) is 0 Å². The fourth-order valence-electron chi connectivity index (χ4n) is 4.60. The average Bonchev–Trinajstić information content (AvgIpc) is 3.25. The van der Waals surface area contributed by atoms with Gasteiger partial charge in [-0.15, -0.1) is 0 Å². The minimum absolute atomic E-state index is 0.0341. The Labute approximate surface area is 273 Å². The normalized spacial score (nSPS) is 31.5. The van der Waals surface area contributed by atoms with Crippen LogP contribution in [0.4, 0.5) is 0 Å². The number of aliphatic hydroxyl groups is 3. The smallest absolute Gasteiger partial charge is 0.333 e. The van der Waals surface area contributed by atoms with Gasteiger partial charge in [0.25, 0.3) is 0 Å². The standard InChI is InChI=1S/C31H48O16/c1-9-16(5)28(38)41-13-21-25(43-19(8)33)27(37)31(46-21,14-42-22(34)11-15(3)4)47-30-26(45-29(39)17(6)10-2)24(36)23(35)20(44-30)12-40-18(7)32/h10,15-16,20-21,23-27,30,35-37H,9,11-14H2,1-8H3/b17-10+/t16?,20-,21-,23-,24+,25-,26-,27+,30-,31+/m1/s1. The zero-order valence-electron chi connectivity index (χ0n) is 28.0. The van der Waals surface area contributed by atoms with E-state index in [1.165, 1.54) is 13.0 Å². The van der Waals surface area contributed by atoms with Gasteiger partial charge in [0, 0.05) is 25.8 Å². The lowest BCUT2D eigenvalue weighted by Gasteiger charge is -2.44. The molecule has 0 radical (unpaired) electrons. The lowest BCUT2D eigenvalue weighted by Crippen LogP contribution is -2.64. The summed E-state index contributed by atoms with van der Waals surface area (Å²) >= 11 is 0. The van der Waals surface area contributed by atoms with Crippen LogP contribution in [0.25, 0.3) is 0 Å². The van der Waals surface area contributed by atoms with Crippen molar-refractivity contribution in [2.75, 3.05) is 19.8 Å². The summed E-state index contributed by atoms with van der Waals surface area (Å²) in [5, 5.41) is 33.4. The molecule has 2 rings (SSSR count). The zero-order valence-corrected chi connectivity index (χ0v) is 28.0. The van der Waals surface area contributed by atoms with Crippen LogP contribution in [0, 0.1) is 11.8 Å². The summed E-state index contributed by atoms with van der Waals surface area (Å²) in [5.41, 5.74) is 0.125. The van der Waals surface area contributed by atoms with E-state index in [0.717, 1.165) is 13.8 Å². The topological polar surface area (TPSA) is 220 Å². The molecule has 3 N–H and O–H groups in total. The summed E-state index contributed by atoms with van der Waals surface area (Å²) in [6, 6.07) is 0. The van der Waals surface area contributed by atoms with Crippen LogP contribution in [0.3, 0.4) is 0 Å². The molecular weight excluding hydrogens is 628 g/mol. The first-order valence-electron chi connectivity index (χ1n) is 15.5. The molecule has 2 aliphatic heterocycles. The van der Waals surface area contributed by atoms with Gasteiger partial charge in [-0.05, 0) is 26.2 Å². The largest absolute Gasteiger partial charge is 0.463 e. The van der Waals surface area contributed by atoms with Crippen molar-refractivity contribution >= 4 is 29.8 Å². The van der Waals surface area contributed by atoms with Gasteiger partial charge in [0.05, 0.1) is 5.92 Å². The Kier molecular flexibility index (Phi) is 15.2. The zero-order chi connectivity index (χ0) is 35.6. The van der Waals surface area contributed by atoms with E-state index in [9.17, 15) is 39.3 Å². The Morgan fingerprint density at radius 3 is 2.04 bits per heavy atom. The Balaban J connectivity index is 2.58. The quantitative estimate of drug-likeness (QED) is 0.122. The van der Waals surface area contributed by atoms with Gasteiger partial charge in [-0.25, -0.2) is 4.79 Å². The maximum Gasteiger partial charge on any atom is 0.333 e. The molecule has 0 spiro atoms. The van der Waals surface area contributed by atoms with Crippen LogP contribution in [-0.2, 0) is 61.9 Å². The third-order valence-corrected chi connectivity index (χ3v) is 7.60. The first-order chi connectivity index (χ1) is 22.0. The lowest BCUT2D eigenvalue weighted by atomic mass is 9.98. The van der Waals surface area contributed by atoms with Crippen LogP contribution in [-0.4, -0.2) is 120 Å². The minimum atomic E-state index is -2.45. The summed E-state index contributed by atoms with van der Waals surface area (Å²) in [7, 11) is 0. The number of carbonyl (C=O) groups excluding carboxylic acids is 5. The Hall–Kier alpha value is -3.15. The lowest BCUT2D eigenvalue weighted by molar-refractivity contribution is -0.384. The number of carbonyl (C=O) groups is 5. The molecule has 0 aromatic carbocycles. The summed E-state index contributed by atoms with van der Waals surface area (Å²) < 4.78 is 44.4. The Morgan fingerprint density at radius 1 is 0.851 bits per heavy atom. The van der Waals surface area contributed by atoms with Gasteiger partial charge in [0.2, 0.25) is 12.1 Å². The Morgan fingerprint density at radius 2 is 1.49 bits per heavy atom. The van der Waals surface area contributed by atoms with E-state index < -0.39 is 110 Å². The van der Waals surface area contributed by atoms with Crippen LogP contribution in [0.2, 0.25) is 0 Å². The first kappa shape index (κ1) is 40.0. The van der Waals surface area contributed by atoms with Crippen molar-refractivity contribution in [1.29, 1.82) is 0 Å². The van der Waals surface area contributed by atoms with E-state index in [1.54, 1.807) is 34.6 Å². The van der Waals surface area contributed by atoms with Crippen LogP contribution < -0.4 is 0 Å². The van der Waals surface area contributed by atoms with Crippen LogP contribution >= 0.6 is 0 Å². The molecule has 16 nitrogen and oxygen atoms in total. The first-order valence-corrected chi connectivity index (χ1v) is 15.5. The summed E-state index contributed by atoms with van der Waals surface area (Å²) in [5.74, 6) is -6.85. The van der Waals surface area contributed by atoms with Crippen molar-refractivity contribution in [2.45, 2.75) is 123 Å². The molecule has 0 aliphatic carbocycles. The third kappa shape index (κ3) is 10.9. The van der Waals surface area contributed by atoms with Crippen molar-refractivity contribution in [3.05, 3.63) is 11.6 Å². The van der Waals surface area contributed by atoms with E-state index in [2.05, 4.69) is 0 Å². The molecule has 47 heavy (non-hydrogen) atoms. The number of rotatable bonds is 15. The van der Waals surface area contributed by atoms with Crippen molar-refractivity contribution in [3.8, 4) is 0 Å². The van der Waals surface area contributed by atoms with Crippen LogP contribution in [0.15, 0.2) is 11.6 Å². The molecule has 10 atom stereocenters. The number of aliphatic hydroxyl groups excluding tert-OH is 3. The van der Waals surface area contributed by atoms with Gasteiger partial charge in [0.1, 0.15) is 44.2 Å². The molecule has 0 aromatic heterocycles. The molecule has 1 unspecified atom stereocenters. The predicted molar refractivity (Wildman–Crippen MR) is 158 cm³/mol. The highest BCUT2D eigenvalue weighted by atomic mass is 16.8. The van der Waals surface area contributed by atoms with Gasteiger partial charge in [-0.3, -0.25) is 19.2 Å². The number of hydrogen-bond donors (Lipinski definition) is 3. The predicted octanol–water partition coefficient (Wildman–Crippen LogP) is 0.457. The average molecular weight is 677 g/mol. The van der Waals surface area contributed by atoms with Gasteiger partial charge in [0.15, 0.2) is 18.3 Å². The molecule has 2 aliphatic rings. The van der Waals surface area contributed by atoms with Gasteiger partial charge in [-0.2, -0.15) is 0 Å². The molecule has 16 heteroatoms. The highest BCUT2D eigenvalue weighted by Gasteiger charge is 2.62. The molecule has 2 saturated heterocycles. The van der Waals surface area contributed by atoms with Gasteiger partial charge < -0.3 is 53.2 Å². The fourth-order valence-corrected chi connectivity index (χ4v) is 4.60. The van der Waals surface area contributed by atoms with Crippen molar-refractivity contribution < 1.29 is 77.2 Å². The van der Waals surface area contributed by atoms with E-state index in [-0.39, 0.29) is 17.9 Å². The monoisotopic (exact) mass is 676 g/mol. The molecule has 2 heterocycles. The maximum atomic E-state index is 12.8. The van der Waals surface area contributed by atoms with Crippen LogP contribution in [0.1, 0.15) is 68.2 Å². The summed E-state index contributed by atoms with van der Waals surface area (Å²) in [6.07, 6.45) is -11.7. The van der Waals surface area contributed by atoms with Gasteiger partial charge >= 0.3 is 29.8 Å². The second kappa shape index (κ2) is 17.8. The number of ether oxygens (including phenoxy) is 8. The van der Waals surface area contributed by atoms with Crippen molar-refractivity contribution in [3.63, 3.8) is 0 Å². The minimum Gasteiger partial charge on any atom is -0.463 e. The summed E-state index contributed by atoms with van der Waals surface area (Å²) in [6.45, 7) is 10.2. The second-order valence-electron chi connectivity index (χ2n) is 12.0. The van der Waals surface area contributed by atoms with Crippen molar-refractivity contribution in [2.24, 2.45) is 11.8 Å². The van der Waals surface area contributed by atoms with E-state index in [4.69, 9.17) is 37.9 Å². The molecule has 0 saturated carbocycles. The molecular formula is C31H48O16. The van der Waals surface area contributed by atoms with E-state index in [0.29, 0.717) is 6.42 Å². The van der Waals surface area contributed by atoms with Crippen molar-refractivity contribution in [1.82, 2.24) is 0 Å². The van der Waals surface area contributed by atoms with E-state index >= 15 is 0 Å². The fraction of sp³-hybridized carbons (Fsp3) is 0.774. The number of hydrogen-bond acceptors (Lipinski definition) is 16. The molecule has 0 amide bonds. The maximum absolute atomic E-state index is 12.8. The molecule has 268 valence electrons. The molecule has 0 bridgehead atoms. The highest BCUT2D eigenvalue weighted by Crippen LogP contribution is 2.39. The summed E-state index contributed by atoms with van der Waals surface area (Å²) in [4.78, 5) is 61.4. The van der Waals surface area contributed by atoms with Gasteiger partial charge in [-0.1, -0.05) is 33.8 Å². The van der Waals surface area contributed by atoms with Crippen LogP contribution in [0.5, 0.6) is 0 Å². The number of esters is 5.